The van der Waals surface area contributed by atoms with E-state index in [1.165, 1.54) is 0 Å². The molecule has 0 heterocycles. The first-order valence-electron chi connectivity index (χ1n) is 5.49. The van der Waals surface area contributed by atoms with Gasteiger partial charge in [-0.3, -0.25) is 4.79 Å². The Morgan fingerprint density at radius 1 is 1.53 bits per heavy atom. The van der Waals surface area contributed by atoms with E-state index in [1.54, 1.807) is 18.2 Å². The van der Waals surface area contributed by atoms with Crippen molar-refractivity contribution in [1.29, 1.82) is 0 Å². The lowest BCUT2D eigenvalue weighted by atomic mass is 10.2. The second kappa shape index (κ2) is 6.47. The van der Waals surface area contributed by atoms with Gasteiger partial charge >= 0.3 is 0 Å². The molecule has 0 radical (unpaired) electrons. The van der Waals surface area contributed by atoms with E-state index in [2.05, 4.69) is 5.32 Å². The number of halogens is 1. The molecule has 5 heteroatoms. The number of carbonyl (C=O) groups is 1. The Bertz CT molecular complexity index is 394. The van der Waals surface area contributed by atoms with Crippen LogP contribution in [0.3, 0.4) is 0 Å². The van der Waals surface area contributed by atoms with Gasteiger partial charge in [0.15, 0.2) is 0 Å². The lowest BCUT2D eigenvalue weighted by Crippen LogP contribution is -2.28. The molecule has 1 aromatic carbocycles. The molecular weight excluding hydrogens is 240 g/mol. The fourth-order valence-corrected chi connectivity index (χ4v) is 1.50. The van der Waals surface area contributed by atoms with Gasteiger partial charge in [-0.1, -0.05) is 11.6 Å². The predicted octanol–water partition coefficient (Wildman–Crippen LogP) is 1.82. The molecule has 0 aliphatic carbocycles. The molecule has 0 bridgehead atoms. The SMILES string of the molecule is CC(C)Oc1ccc(C(=O)NCCN)cc1Cl. The van der Waals surface area contributed by atoms with Crippen LogP contribution in [0.4, 0.5) is 0 Å². The average molecular weight is 257 g/mol. The van der Waals surface area contributed by atoms with Crippen molar-refractivity contribution in [3.05, 3.63) is 28.8 Å². The summed E-state index contributed by atoms with van der Waals surface area (Å²) in [7, 11) is 0. The summed E-state index contributed by atoms with van der Waals surface area (Å²) >= 11 is 6.02. The van der Waals surface area contributed by atoms with Crippen LogP contribution in [0.5, 0.6) is 5.75 Å². The van der Waals surface area contributed by atoms with E-state index in [0.717, 1.165) is 0 Å². The Labute approximate surface area is 106 Å². The minimum atomic E-state index is -0.187. The summed E-state index contributed by atoms with van der Waals surface area (Å²) in [6, 6.07) is 4.96. The molecule has 1 rings (SSSR count). The van der Waals surface area contributed by atoms with Gasteiger partial charge < -0.3 is 15.8 Å². The summed E-state index contributed by atoms with van der Waals surface area (Å²) < 4.78 is 5.48. The highest BCUT2D eigenvalue weighted by Crippen LogP contribution is 2.26. The largest absolute Gasteiger partial charge is 0.489 e. The fourth-order valence-electron chi connectivity index (χ4n) is 1.28. The molecule has 0 aromatic heterocycles. The third-order valence-corrected chi connectivity index (χ3v) is 2.28. The molecule has 0 atom stereocenters. The summed E-state index contributed by atoms with van der Waals surface area (Å²) in [5, 5.41) is 3.10. The Balaban J connectivity index is 2.77. The maximum atomic E-state index is 11.6. The molecule has 4 nitrogen and oxygen atoms in total. The number of amides is 1. The first-order valence-corrected chi connectivity index (χ1v) is 5.87. The summed E-state index contributed by atoms with van der Waals surface area (Å²) in [4.78, 5) is 11.6. The number of carbonyl (C=O) groups excluding carboxylic acids is 1. The summed E-state index contributed by atoms with van der Waals surface area (Å²) in [6.45, 7) is 4.69. The smallest absolute Gasteiger partial charge is 0.251 e. The molecule has 0 aliphatic rings. The van der Waals surface area contributed by atoms with Crippen LogP contribution in [0.2, 0.25) is 5.02 Å². The molecule has 0 saturated heterocycles. The van der Waals surface area contributed by atoms with Crippen LogP contribution in [0.1, 0.15) is 24.2 Å². The average Bonchev–Trinajstić information content (AvgIpc) is 2.28. The normalized spacial score (nSPS) is 10.4. The summed E-state index contributed by atoms with van der Waals surface area (Å²) in [5.74, 6) is 0.394. The van der Waals surface area contributed by atoms with Gasteiger partial charge in [0.1, 0.15) is 5.75 Å². The van der Waals surface area contributed by atoms with Crippen LogP contribution in [-0.4, -0.2) is 25.1 Å². The van der Waals surface area contributed by atoms with Crippen LogP contribution in [0, 0.1) is 0 Å². The topological polar surface area (TPSA) is 64.3 Å². The zero-order valence-corrected chi connectivity index (χ0v) is 10.8. The molecule has 0 aliphatic heterocycles. The third kappa shape index (κ3) is 4.24. The van der Waals surface area contributed by atoms with E-state index in [1.807, 2.05) is 13.8 Å². The molecule has 1 aromatic rings. The Kier molecular flexibility index (Phi) is 5.25. The van der Waals surface area contributed by atoms with Crippen molar-refractivity contribution in [2.75, 3.05) is 13.1 Å². The number of benzene rings is 1. The Hall–Kier alpha value is -1.26. The van der Waals surface area contributed by atoms with Crippen molar-refractivity contribution in [3.8, 4) is 5.75 Å². The van der Waals surface area contributed by atoms with Crippen molar-refractivity contribution >= 4 is 17.5 Å². The first kappa shape index (κ1) is 13.8. The van der Waals surface area contributed by atoms with E-state index in [-0.39, 0.29) is 12.0 Å². The van der Waals surface area contributed by atoms with Gasteiger partial charge in [-0.25, -0.2) is 0 Å². The van der Waals surface area contributed by atoms with E-state index in [4.69, 9.17) is 22.1 Å². The number of hydrogen-bond acceptors (Lipinski definition) is 3. The van der Waals surface area contributed by atoms with Gasteiger partial charge in [0, 0.05) is 18.7 Å². The highest BCUT2D eigenvalue weighted by molar-refractivity contribution is 6.32. The minimum Gasteiger partial charge on any atom is -0.489 e. The van der Waals surface area contributed by atoms with Crippen molar-refractivity contribution in [2.24, 2.45) is 5.73 Å². The zero-order chi connectivity index (χ0) is 12.8. The molecule has 0 saturated carbocycles. The Morgan fingerprint density at radius 3 is 2.76 bits per heavy atom. The van der Waals surface area contributed by atoms with Gasteiger partial charge in [-0.05, 0) is 32.0 Å². The van der Waals surface area contributed by atoms with Crippen molar-refractivity contribution in [3.63, 3.8) is 0 Å². The minimum absolute atomic E-state index is 0.0458. The maximum absolute atomic E-state index is 11.6. The number of rotatable bonds is 5. The van der Waals surface area contributed by atoms with Crippen LogP contribution in [0.15, 0.2) is 18.2 Å². The van der Waals surface area contributed by atoms with E-state index in [0.29, 0.717) is 29.4 Å². The van der Waals surface area contributed by atoms with Gasteiger partial charge in [0.25, 0.3) is 5.91 Å². The van der Waals surface area contributed by atoms with Gasteiger partial charge in [-0.2, -0.15) is 0 Å². The lowest BCUT2D eigenvalue weighted by Gasteiger charge is -2.12. The number of nitrogens with two attached hydrogens (primary N) is 1. The quantitative estimate of drug-likeness (QED) is 0.845. The molecular formula is C12H17ClN2O2. The van der Waals surface area contributed by atoms with Crippen LogP contribution in [-0.2, 0) is 0 Å². The van der Waals surface area contributed by atoms with Gasteiger partial charge in [0.05, 0.1) is 11.1 Å². The second-order valence-electron chi connectivity index (χ2n) is 3.86. The molecule has 1 amide bonds. The van der Waals surface area contributed by atoms with Gasteiger partial charge in [0.2, 0.25) is 0 Å². The fraction of sp³-hybridized carbons (Fsp3) is 0.417. The highest BCUT2D eigenvalue weighted by atomic mass is 35.5. The van der Waals surface area contributed by atoms with E-state index in [9.17, 15) is 4.79 Å². The van der Waals surface area contributed by atoms with Crippen LogP contribution >= 0.6 is 11.6 Å². The molecule has 3 N–H and O–H groups in total. The van der Waals surface area contributed by atoms with E-state index >= 15 is 0 Å². The maximum Gasteiger partial charge on any atom is 0.251 e. The van der Waals surface area contributed by atoms with Crippen LogP contribution in [0.25, 0.3) is 0 Å². The number of nitrogens with one attached hydrogen (secondary N) is 1. The molecule has 0 fully saturated rings. The molecule has 0 spiro atoms. The van der Waals surface area contributed by atoms with Crippen LogP contribution < -0.4 is 15.8 Å². The van der Waals surface area contributed by atoms with Crippen molar-refractivity contribution in [1.82, 2.24) is 5.32 Å². The third-order valence-electron chi connectivity index (χ3n) is 1.99. The zero-order valence-electron chi connectivity index (χ0n) is 10.00. The standard InChI is InChI=1S/C12H17ClN2O2/c1-8(2)17-11-4-3-9(7-10(11)13)12(16)15-6-5-14/h3-4,7-8H,5-6,14H2,1-2H3,(H,15,16). The second-order valence-corrected chi connectivity index (χ2v) is 4.26. The van der Waals surface area contributed by atoms with Crippen molar-refractivity contribution < 1.29 is 9.53 Å². The molecule has 94 valence electrons. The molecule has 17 heavy (non-hydrogen) atoms. The first-order chi connectivity index (χ1) is 8.04. The van der Waals surface area contributed by atoms with Crippen molar-refractivity contribution in [2.45, 2.75) is 20.0 Å². The Morgan fingerprint density at radius 2 is 2.24 bits per heavy atom. The highest BCUT2D eigenvalue weighted by Gasteiger charge is 2.09. The van der Waals surface area contributed by atoms with Gasteiger partial charge in [-0.15, -0.1) is 0 Å². The monoisotopic (exact) mass is 256 g/mol. The number of hydrogen-bond donors (Lipinski definition) is 2. The predicted molar refractivity (Wildman–Crippen MR) is 68.6 cm³/mol. The molecule has 0 unspecified atom stereocenters. The van der Waals surface area contributed by atoms with E-state index < -0.39 is 0 Å². The summed E-state index contributed by atoms with van der Waals surface area (Å²) in [5.41, 5.74) is 5.80. The lowest BCUT2D eigenvalue weighted by molar-refractivity contribution is 0.0954. The summed E-state index contributed by atoms with van der Waals surface area (Å²) in [6.07, 6.45) is 0.0458. The number of ether oxygens (including phenoxy) is 1.